The quantitative estimate of drug-likeness (QED) is 0.891. The van der Waals surface area contributed by atoms with E-state index in [0.717, 1.165) is 23.4 Å². The molecule has 0 radical (unpaired) electrons. The summed E-state index contributed by atoms with van der Waals surface area (Å²) in [6, 6.07) is 4.17. The molecule has 1 aromatic rings. The van der Waals surface area contributed by atoms with Gasteiger partial charge in [0.2, 0.25) is 0 Å². The van der Waals surface area contributed by atoms with E-state index >= 15 is 0 Å². The molecule has 16 heavy (non-hydrogen) atoms. The molecular formula is C11H17NOS3. The normalized spacial score (nSPS) is 20.9. The van der Waals surface area contributed by atoms with Crippen LogP contribution in [-0.4, -0.2) is 36.2 Å². The maximum Gasteiger partial charge on any atom is 0.173 e. The lowest BCUT2D eigenvalue weighted by Gasteiger charge is -2.20. The fourth-order valence-corrected chi connectivity index (χ4v) is 5.01. The lowest BCUT2D eigenvalue weighted by molar-refractivity contribution is 0.427. The number of nitrogens with one attached hydrogen (secondary N) is 1. The lowest BCUT2D eigenvalue weighted by Crippen LogP contribution is -2.28. The molecule has 1 aromatic heterocycles. The second-order valence-electron chi connectivity index (χ2n) is 3.62. The van der Waals surface area contributed by atoms with Gasteiger partial charge >= 0.3 is 0 Å². The van der Waals surface area contributed by atoms with E-state index in [2.05, 4.69) is 34.9 Å². The highest BCUT2D eigenvalue weighted by Gasteiger charge is 2.13. The van der Waals surface area contributed by atoms with E-state index in [0.29, 0.717) is 0 Å². The third kappa shape index (κ3) is 3.87. The summed E-state index contributed by atoms with van der Waals surface area (Å²) in [7, 11) is 1.72. The van der Waals surface area contributed by atoms with E-state index in [1.54, 1.807) is 18.4 Å². The molecule has 0 aromatic carbocycles. The number of thioether (sulfide) groups is 2. The number of hydrogen-bond donors (Lipinski definition) is 1. The largest absolute Gasteiger partial charge is 0.487 e. The smallest absolute Gasteiger partial charge is 0.173 e. The van der Waals surface area contributed by atoms with Crippen LogP contribution in [0.25, 0.3) is 0 Å². The van der Waals surface area contributed by atoms with Crippen molar-refractivity contribution in [3.63, 3.8) is 0 Å². The summed E-state index contributed by atoms with van der Waals surface area (Å²) in [4.78, 5) is 1.35. The van der Waals surface area contributed by atoms with E-state index in [9.17, 15) is 0 Å². The molecule has 1 fully saturated rings. The molecule has 2 nitrogen and oxygen atoms in total. The number of rotatable bonds is 5. The van der Waals surface area contributed by atoms with Gasteiger partial charge in [-0.25, -0.2) is 0 Å². The molecular weight excluding hydrogens is 258 g/mol. The maximum atomic E-state index is 5.17. The van der Waals surface area contributed by atoms with Crippen LogP contribution in [0.1, 0.15) is 4.88 Å². The number of thiophene rings is 1. The minimum Gasteiger partial charge on any atom is -0.487 e. The molecule has 0 bridgehead atoms. The summed E-state index contributed by atoms with van der Waals surface area (Å²) < 4.78 is 5.17. The van der Waals surface area contributed by atoms with Crippen molar-refractivity contribution < 1.29 is 4.74 Å². The highest BCUT2D eigenvalue weighted by molar-refractivity contribution is 8.06. The van der Waals surface area contributed by atoms with Crippen LogP contribution in [0, 0.1) is 0 Å². The molecule has 1 N–H and O–H groups in total. The number of hydrogen-bond acceptors (Lipinski definition) is 5. The van der Waals surface area contributed by atoms with Crippen LogP contribution >= 0.6 is 34.9 Å². The average Bonchev–Trinajstić information content (AvgIpc) is 2.78. The molecule has 90 valence electrons. The first-order chi connectivity index (χ1) is 7.88. The maximum absolute atomic E-state index is 5.17. The van der Waals surface area contributed by atoms with E-state index in [4.69, 9.17) is 4.74 Å². The Hall–Kier alpha value is 0.160. The van der Waals surface area contributed by atoms with Crippen molar-refractivity contribution in [2.75, 3.05) is 30.9 Å². The van der Waals surface area contributed by atoms with Gasteiger partial charge in [-0.2, -0.15) is 23.5 Å². The SMILES string of the molecule is COc1ccc(CNCC2CSCCS2)s1. The summed E-state index contributed by atoms with van der Waals surface area (Å²) in [6.45, 7) is 2.09. The van der Waals surface area contributed by atoms with Crippen molar-refractivity contribution in [3.8, 4) is 5.06 Å². The topological polar surface area (TPSA) is 21.3 Å². The fourth-order valence-electron chi connectivity index (χ4n) is 1.57. The van der Waals surface area contributed by atoms with Crippen molar-refractivity contribution in [2.24, 2.45) is 0 Å². The van der Waals surface area contributed by atoms with Gasteiger partial charge in [-0.15, -0.1) is 11.3 Å². The molecule has 1 atom stereocenters. The molecule has 0 saturated carbocycles. The van der Waals surface area contributed by atoms with Crippen LogP contribution in [0.2, 0.25) is 0 Å². The molecule has 0 amide bonds. The number of ether oxygens (including phenoxy) is 1. The molecule has 0 spiro atoms. The van der Waals surface area contributed by atoms with Gasteiger partial charge in [-0.1, -0.05) is 0 Å². The standard InChI is InChI=1S/C11H17NOS3/c1-13-11-3-2-9(16-11)6-12-7-10-8-14-4-5-15-10/h2-3,10,12H,4-8H2,1H3. The molecule has 1 saturated heterocycles. The Morgan fingerprint density at radius 3 is 3.06 bits per heavy atom. The molecule has 2 rings (SSSR count). The van der Waals surface area contributed by atoms with E-state index < -0.39 is 0 Å². The van der Waals surface area contributed by atoms with Crippen LogP contribution in [0.15, 0.2) is 12.1 Å². The zero-order chi connectivity index (χ0) is 11.2. The van der Waals surface area contributed by atoms with Gasteiger partial charge in [0.1, 0.15) is 0 Å². The van der Waals surface area contributed by atoms with Crippen LogP contribution in [-0.2, 0) is 6.54 Å². The molecule has 1 unspecified atom stereocenters. The van der Waals surface area contributed by atoms with Gasteiger partial charge in [0.15, 0.2) is 5.06 Å². The molecule has 0 aliphatic carbocycles. The van der Waals surface area contributed by atoms with Crippen molar-refractivity contribution in [3.05, 3.63) is 17.0 Å². The van der Waals surface area contributed by atoms with Crippen molar-refractivity contribution in [2.45, 2.75) is 11.8 Å². The lowest BCUT2D eigenvalue weighted by atomic mass is 10.4. The van der Waals surface area contributed by atoms with E-state index in [1.807, 2.05) is 6.07 Å². The minimum absolute atomic E-state index is 0.792. The summed E-state index contributed by atoms with van der Waals surface area (Å²) >= 11 is 5.90. The first-order valence-electron chi connectivity index (χ1n) is 5.41. The van der Waals surface area contributed by atoms with Crippen LogP contribution in [0.5, 0.6) is 5.06 Å². The first-order valence-corrected chi connectivity index (χ1v) is 8.43. The van der Waals surface area contributed by atoms with Gasteiger partial charge in [-0.05, 0) is 12.1 Å². The van der Waals surface area contributed by atoms with Crippen molar-refractivity contribution >= 4 is 34.9 Å². The van der Waals surface area contributed by atoms with Gasteiger partial charge in [-0.3, -0.25) is 0 Å². The molecule has 2 heterocycles. The van der Waals surface area contributed by atoms with E-state index in [1.165, 1.54) is 22.1 Å². The Morgan fingerprint density at radius 2 is 2.38 bits per heavy atom. The van der Waals surface area contributed by atoms with Crippen LogP contribution in [0.4, 0.5) is 0 Å². The third-order valence-electron chi connectivity index (χ3n) is 2.39. The summed E-state index contributed by atoms with van der Waals surface area (Å²) in [5.74, 6) is 3.93. The Balaban J connectivity index is 1.66. The summed E-state index contributed by atoms with van der Waals surface area (Å²) in [6.07, 6.45) is 0. The summed E-state index contributed by atoms with van der Waals surface area (Å²) in [5.41, 5.74) is 0. The van der Waals surface area contributed by atoms with Crippen molar-refractivity contribution in [1.82, 2.24) is 5.32 Å². The van der Waals surface area contributed by atoms with E-state index in [-0.39, 0.29) is 0 Å². The Kier molecular flexibility index (Phi) is 5.35. The molecule has 1 aliphatic heterocycles. The third-order valence-corrected chi connectivity index (χ3v) is 6.29. The van der Waals surface area contributed by atoms with Crippen LogP contribution < -0.4 is 10.1 Å². The van der Waals surface area contributed by atoms with Gasteiger partial charge in [0, 0.05) is 40.5 Å². The van der Waals surface area contributed by atoms with Gasteiger partial charge < -0.3 is 10.1 Å². The first kappa shape index (κ1) is 12.6. The van der Waals surface area contributed by atoms with Gasteiger partial charge in [0.25, 0.3) is 0 Å². The minimum atomic E-state index is 0.792. The summed E-state index contributed by atoms with van der Waals surface area (Å²) in [5, 5.41) is 5.32. The molecule has 1 aliphatic rings. The highest BCUT2D eigenvalue weighted by Crippen LogP contribution is 2.25. The Morgan fingerprint density at radius 1 is 1.44 bits per heavy atom. The van der Waals surface area contributed by atoms with Crippen molar-refractivity contribution in [1.29, 1.82) is 0 Å². The average molecular weight is 275 g/mol. The highest BCUT2D eigenvalue weighted by atomic mass is 32.2. The number of methoxy groups -OCH3 is 1. The molecule has 5 heteroatoms. The monoisotopic (exact) mass is 275 g/mol. The second-order valence-corrected chi connectivity index (χ2v) is 7.31. The fraction of sp³-hybridized carbons (Fsp3) is 0.636. The second kappa shape index (κ2) is 6.79. The Bertz CT molecular complexity index is 310. The van der Waals surface area contributed by atoms with Gasteiger partial charge in [0.05, 0.1) is 7.11 Å². The predicted molar refractivity (Wildman–Crippen MR) is 76.1 cm³/mol. The zero-order valence-electron chi connectivity index (χ0n) is 9.40. The predicted octanol–water partition coefficient (Wildman–Crippen LogP) is 2.69. The van der Waals surface area contributed by atoms with Crippen LogP contribution in [0.3, 0.4) is 0 Å². The Labute approximate surface area is 110 Å². The zero-order valence-corrected chi connectivity index (χ0v) is 11.9.